The Morgan fingerprint density at radius 2 is 2.33 bits per heavy atom. The molecule has 0 aliphatic carbocycles. The fourth-order valence-electron chi connectivity index (χ4n) is 1.89. The molecule has 5 nitrogen and oxygen atoms in total. The van der Waals surface area contributed by atoms with Crippen LogP contribution < -0.4 is 5.32 Å². The zero-order valence-electron chi connectivity index (χ0n) is 9.15. The lowest BCUT2D eigenvalue weighted by Crippen LogP contribution is -2.48. The standard InChI is InChI=1S/C9H19BN2O3/c1-2-5-11-7-9(13)12-6-3-4-8(12)10(14)15/h8,11,14-15H,2-7H2,1H3/t8-/m0/s1. The molecule has 1 fully saturated rings. The third-order valence-electron chi connectivity index (χ3n) is 2.67. The van der Waals surface area contributed by atoms with Crippen LogP contribution in [0.1, 0.15) is 26.2 Å². The molecule has 0 bridgehead atoms. The molecular formula is C9H19BN2O3. The van der Waals surface area contributed by atoms with Gasteiger partial charge in [-0.1, -0.05) is 6.92 Å². The lowest BCUT2D eigenvalue weighted by Gasteiger charge is -2.24. The Kier molecular flexibility index (Phi) is 5.07. The topological polar surface area (TPSA) is 72.8 Å². The highest BCUT2D eigenvalue weighted by Gasteiger charge is 2.36. The quantitative estimate of drug-likeness (QED) is 0.405. The van der Waals surface area contributed by atoms with E-state index in [1.54, 1.807) is 4.90 Å². The van der Waals surface area contributed by atoms with E-state index >= 15 is 0 Å². The molecule has 0 saturated carbocycles. The number of likely N-dealkylation sites (tertiary alicyclic amines) is 1. The summed E-state index contributed by atoms with van der Waals surface area (Å²) in [6.07, 6.45) is 2.51. The van der Waals surface area contributed by atoms with E-state index in [-0.39, 0.29) is 12.5 Å². The van der Waals surface area contributed by atoms with Crippen molar-refractivity contribution in [2.24, 2.45) is 0 Å². The SMILES string of the molecule is CCCNCC(=O)N1CCC[C@H]1B(O)O. The Bertz CT molecular complexity index is 214. The maximum absolute atomic E-state index is 11.7. The van der Waals surface area contributed by atoms with Crippen LogP contribution in [0, 0.1) is 0 Å². The summed E-state index contributed by atoms with van der Waals surface area (Å²) in [5, 5.41) is 21.2. The molecule has 86 valence electrons. The first-order valence-corrected chi connectivity index (χ1v) is 5.53. The highest BCUT2D eigenvalue weighted by atomic mass is 16.4. The van der Waals surface area contributed by atoms with Crippen molar-refractivity contribution in [3.8, 4) is 0 Å². The van der Waals surface area contributed by atoms with Crippen molar-refractivity contribution in [2.75, 3.05) is 19.6 Å². The van der Waals surface area contributed by atoms with E-state index in [9.17, 15) is 4.79 Å². The van der Waals surface area contributed by atoms with Gasteiger partial charge in [0.1, 0.15) is 0 Å². The minimum Gasteiger partial charge on any atom is -0.426 e. The van der Waals surface area contributed by atoms with Gasteiger partial charge in [0.15, 0.2) is 0 Å². The lowest BCUT2D eigenvalue weighted by atomic mass is 9.78. The first kappa shape index (κ1) is 12.5. The Labute approximate surface area is 90.6 Å². The summed E-state index contributed by atoms with van der Waals surface area (Å²) in [5.41, 5.74) is 0. The van der Waals surface area contributed by atoms with Crippen molar-refractivity contribution < 1.29 is 14.8 Å². The number of carbonyl (C=O) groups excluding carboxylic acids is 1. The number of carbonyl (C=O) groups is 1. The Morgan fingerprint density at radius 1 is 1.60 bits per heavy atom. The summed E-state index contributed by atoms with van der Waals surface area (Å²) in [6, 6.07) is 0. The van der Waals surface area contributed by atoms with E-state index in [2.05, 4.69) is 5.32 Å². The molecule has 0 radical (unpaired) electrons. The third kappa shape index (κ3) is 3.48. The predicted octanol–water partition coefficient (Wildman–Crippen LogP) is -1.01. The number of nitrogens with one attached hydrogen (secondary N) is 1. The summed E-state index contributed by atoms with van der Waals surface area (Å²) in [7, 11) is -1.41. The average molecular weight is 214 g/mol. The van der Waals surface area contributed by atoms with E-state index in [4.69, 9.17) is 10.0 Å². The molecule has 1 rings (SSSR count). The van der Waals surface area contributed by atoms with Crippen LogP contribution in [0.15, 0.2) is 0 Å². The molecule has 1 saturated heterocycles. The van der Waals surface area contributed by atoms with Gasteiger partial charge in [-0.25, -0.2) is 0 Å². The summed E-state index contributed by atoms with van der Waals surface area (Å²) >= 11 is 0. The van der Waals surface area contributed by atoms with Crippen LogP contribution in [-0.2, 0) is 4.79 Å². The second-order valence-electron chi connectivity index (χ2n) is 3.89. The summed E-state index contributed by atoms with van der Waals surface area (Å²) in [6.45, 7) is 3.77. The van der Waals surface area contributed by atoms with Crippen molar-refractivity contribution in [3.05, 3.63) is 0 Å². The van der Waals surface area contributed by atoms with Gasteiger partial charge in [-0.05, 0) is 25.8 Å². The van der Waals surface area contributed by atoms with Crippen molar-refractivity contribution >= 4 is 13.0 Å². The van der Waals surface area contributed by atoms with Gasteiger partial charge in [0.05, 0.1) is 12.5 Å². The Hall–Kier alpha value is -0.585. The van der Waals surface area contributed by atoms with E-state index in [0.717, 1.165) is 19.4 Å². The van der Waals surface area contributed by atoms with Crippen molar-refractivity contribution in [2.45, 2.75) is 32.1 Å². The molecule has 15 heavy (non-hydrogen) atoms. The van der Waals surface area contributed by atoms with Crippen LogP contribution in [0.4, 0.5) is 0 Å². The van der Waals surface area contributed by atoms with Gasteiger partial charge < -0.3 is 20.3 Å². The van der Waals surface area contributed by atoms with Gasteiger partial charge in [0, 0.05) is 6.54 Å². The van der Waals surface area contributed by atoms with Crippen LogP contribution >= 0.6 is 0 Å². The molecule has 6 heteroatoms. The van der Waals surface area contributed by atoms with E-state index < -0.39 is 13.1 Å². The molecule has 1 aliphatic heterocycles. The number of hydrogen-bond donors (Lipinski definition) is 3. The minimum absolute atomic E-state index is 0.0425. The molecule has 0 unspecified atom stereocenters. The molecule has 0 aromatic rings. The fourth-order valence-corrected chi connectivity index (χ4v) is 1.89. The zero-order valence-corrected chi connectivity index (χ0v) is 9.15. The largest absolute Gasteiger partial charge is 0.475 e. The van der Waals surface area contributed by atoms with Gasteiger partial charge in [-0.15, -0.1) is 0 Å². The molecule has 0 spiro atoms. The number of hydrogen-bond acceptors (Lipinski definition) is 4. The van der Waals surface area contributed by atoms with Crippen LogP contribution in [0.5, 0.6) is 0 Å². The molecule has 3 N–H and O–H groups in total. The molecule has 0 aromatic heterocycles. The van der Waals surface area contributed by atoms with Gasteiger partial charge in [0.25, 0.3) is 0 Å². The summed E-state index contributed by atoms with van der Waals surface area (Å²) < 4.78 is 0. The number of nitrogens with zero attached hydrogens (tertiary/aromatic N) is 1. The third-order valence-corrected chi connectivity index (χ3v) is 2.67. The van der Waals surface area contributed by atoms with Crippen molar-refractivity contribution in [3.63, 3.8) is 0 Å². The van der Waals surface area contributed by atoms with Crippen LogP contribution in [0.2, 0.25) is 0 Å². The minimum atomic E-state index is -1.41. The first-order valence-electron chi connectivity index (χ1n) is 5.53. The number of amides is 1. The van der Waals surface area contributed by atoms with E-state index in [1.807, 2.05) is 6.92 Å². The molecule has 1 atom stereocenters. The Balaban J connectivity index is 2.37. The Morgan fingerprint density at radius 3 is 2.93 bits per heavy atom. The monoisotopic (exact) mass is 214 g/mol. The molecule has 1 aliphatic rings. The molecular weight excluding hydrogens is 195 g/mol. The average Bonchev–Trinajstić information content (AvgIpc) is 2.66. The van der Waals surface area contributed by atoms with Crippen LogP contribution in [0.3, 0.4) is 0 Å². The zero-order chi connectivity index (χ0) is 11.3. The van der Waals surface area contributed by atoms with E-state index in [1.165, 1.54) is 0 Å². The smallest absolute Gasteiger partial charge is 0.426 e. The molecule has 0 aromatic carbocycles. The second-order valence-corrected chi connectivity index (χ2v) is 3.89. The molecule has 1 heterocycles. The molecule has 1 amide bonds. The van der Waals surface area contributed by atoms with Gasteiger partial charge in [-0.2, -0.15) is 0 Å². The van der Waals surface area contributed by atoms with Gasteiger partial charge >= 0.3 is 7.12 Å². The summed E-state index contributed by atoms with van der Waals surface area (Å²) in [4.78, 5) is 13.2. The normalized spacial score (nSPS) is 20.7. The van der Waals surface area contributed by atoms with Gasteiger partial charge in [0.2, 0.25) is 5.91 Å². The predicted molar refractivity (Wildman–Crippen MR) is 58.1 cm³/mol. The number of rotatable bonds is 5. The highest BCUT2D eigenvalue weighted by molar-refractivity contribution is 6.43. The second kappa shape index (κ2) is 6.10. The first-order chi connectivity index (χ1) is 7.16. The van der Waals surface area contributed by atoms with Crippen LogP contribution in [0.25, 0.3) is 0 Å². The maximum Gasteiger partial charge on any atom is 0.475 e. The lowest BCUT2D eigenvalue weighted by molar-refractivity contribution is -0.130. The van der Waals surface area contributed by atoms with Crippen molar-refractivity contribution in [1.29, 1.82) is 0 Å². The van der Waals surface area contributed by atoms with Gasteiger partial charge in [-0.3, -0.25) is 4.79 Å². The van der Waals surface area contributed by atoms with Crippen molar-refractivity contribution in [1.82, 2.24) is 10.2 Å². The fraction of sp³-hybridized carbons (Fsp3) is 0.889. The summed E-state index contributed by atoms with van der Waals surface area (Å²) in [5.74, 6) is -0.458. The highest BCUT2D eigenvalue weighted by Crippen LogP contribution is 2.17. The maximum atomic E-state index is 11.7. The van der Waals surface area contributed by atoms with E-state index in [0.29, 0.717) is 13.0 Å². The van der Waals surface area contributed by atoms with Crippen LogP contribution in [-0.4, -0.2) is 53.5 Å².